The van der Waals surface area contributed by atoms with Crippen LogP contribution in [0.3, 0.4) is 0 Å². The Morgan fingerprint density at radius 3 is 2.48 bits per heavy atom. The third-order valence-electron chi connectivity index (χ3n) is 3.06. The fourth-order valence-corrected chi connectivity index (χ4v) is 2.07. The molecule has 5 heteroatoms. The van der Waals surface area contributed by atoms with Crippen molar-refractivity contribution in [2.75, 3.05) is 5.32 Å². The summed E-state index contributed by atoms with van der Waals surface area (Å²) in [7, 11) is 0. The molecule has 0 saturated heterocycles. The maximum atomic E-state index is 11.6. The van der Waals surface area contributed by atoms with E-state index in [9.17, 15) is 9.59 Å². The molecule has 0 atom stereocenters. The molecule has 0 bridgehead atoms. The van der Waals surface area contributed by atoms with Crippen molar-refractivity contribution in [2.45, 2.75) is 0 Å². The van der Waals surface area contributed by atoms with Gasteiger partial charge in [0, 0.05) is 17.1 Å². The van der Waals surface area contributed by atoms with Gasteiger partial charge in [0.15, 0.2) is 0 Å². The molecule has 3 aromatic rings. The van der Waals surface area contributed by atoms with E-state index in [0.29, 0.717) is 17.0 Å². The van der Waals surface area contributed by atoms with Crippen molar-refractivity contribution in [1.82, 2.24) is 0 Å². The van der Waals surface area contributed by atoms with Gasteiger partial charge in [-0.3, -0.25) is 0 Å². The van der Waals surface area contributed by atoms with Crippen LogP contribution in [0.25, 0.3) is 11.0 Å². The summed E-state index contributed by atoms with van der Waals surface area (Å²) in [5.74, 6) is -0.979. The molecule has 3 rings (SSSR count). The molecule has 0 fully saturated rings. The van der Waals surface area contributed by atoms with E-state index in [0.717, 1.165) is 5.39 Å². The number of fused-ring (bicyclic) bond motifs is 1. The van der Waals surface area contributed by atoms with Gasteiger partial charge in [0.25, 0.3) is 0 Å². The zero-order valence-corrected chi connectivity index (χ0v) is 10.9. The van der Waals surface area contributed by atoms with Crippen molar-refractivity contribution in [3.05, 3.63) is 70.6 Å². The average Bonchev–Trinajstić information content (AvgIpc) is 2.47. The van der Waals surface area contributed by atoms with Crippen LogP contribution in [0.1, 0.15) is 10.4 Å². The first kappa shape index (κ1) is 12.9. The van der Waals surface area contributed by atoms with E-state index < -0.39 is 11.6 Å². The number of hydrogen-bond donors (Lipinski definition) is 2. The average molecular weight is 281 g/mol. The molecule has 0 aliphatic heterocycles. The second-order valence-electron chi connectivity index (χ2n) is 4.48. The van der Waals surface area contributed by atoms with Gasteiger partial charge < -0.3 is 14.8 Å². The number of rotatable bonds is 3. The predicted octanol–water partition coefficient (Wildman–Crippen LogP) is 3.23. The highest BCUT2D eigenvalue weighted by Crippen LogP contribution is 2.24. The lowest BCUT2D eigenvalue weighted by Crippen LogP contribution is -2.01. The number of carbonyl (C=O) groups is 1. The second kappa shape index (κ2) is 5.13. The van der Waals surface area contributed by atoms with Crippen LogP contribution < -0.4 is 10.9 Å². The minimum Gasteiger partial charge on any atom is -0.478 e. The lowest BCUT2D eigenvalue weighted by Gasteiger charge is -2.08. The number of aromatic carboxylic acids is 1. The summed E-state index contributed by atoms with van der Waals surface area (Å²) >= 11 is 0. The molecule has 2 N–H and O–H groups in total. The van der Waals surface area contributed by atoms with E-state index in [2.05, 4.69) is 5.32 Å². The van der Waals surface area contributed by atoms with Crippen LogP contribution in [-0.4, -0.2) is 11.1 Å². The van der Waals surface area contributed by atoms with E-state index in [4.69, 9.17) is 9.52 Å². The molecule has 1 heterocycles. The van der Waals surface area contributed by atoms with Crippen molar-refractivity contribution >= 4 is 28.3 Å². The van der Waals surface area contributed by atoms with Crippen LogP contribution in [0.5, 0.6) is 0 Å². The molecule has 21 heavy (non-hydrogen) atoms. The Balaban J connectivity index is 2.01. The Morgan fingerprint density at radius 1 is 1.05 bits per heavy atom. The van der Waals surface area contributed by atoms with Gasteiger partial charge in [-0.1, -0.05) is 12.1 Å². The minimum atomic E-state index is -0.979. The van der Waals surface area contributed by atoms with E-state index in [1.807, 2.05) is 12.1 Å². The molecule has 0 aliphatic carbocycles. The summed E-state index contributed by atoms with van der Waals surface area (Å²) in [6.45, 7) is 0. The topological polar surface area (TPSA) is 79.5 Å². The van der Waals surface area contributed by atoms with Crippen LogP contribution in [0.15, 0.2) is 63.8 Å². The zero-order chi connectivity index (χ0) is 14.8. The van der Waals surface area contributed by atoms with E-state index >= 15 is 0 Å². The van der Waals surface area contributed by atoms with Gasteiger partial charge in [-0.2, -0.15) is 0 Å². The van der Waals surface area contributed by atoms with E-state index in [1.54, 1.807) is 24.3 Å². The number of anilines is 2. The smallest absolute Gasteiger partial charge is 0.338 e. The molecule has 5 nitrogen and oxygen atoms in total. The van der Waals surface area contributed by atoms with Crippen LogP contribution in [0.2, 0.25) is 0 Å². The number of para-hydroxylation sites is 1. The minimum absolute atomic E-state index is 0.206. The third kappa shape index (κ3) is 2.62. The van der Waals surface area contributed by atoms with Gasteiger partial charge in [0.2, 0.25) is 0 Å². The monoisotopic (exact) mass is 281 g/mol. The molecule has 0 spiro atoms. The standard InChI is InChI=1S/C16H11NO4/c18-15-9-13(12-3-1-2-4-14(12)21-15)17-11-7-5-10(6-8-11)16(19)20/h1-9,17H,(H,19,20). The normalized spacial score (nSPS) is 10.5. The van der Waals surface area contributed by atoms with Gasteiger partial charge in [-0.15, -0.1) is 0 Å². The highest BCUT2D eigenvalue weighted by atomic mass is 16.4. The first-order chi connectivity index (χ1) is 10.1. The van der Waals surface area contributed by atoms with Gasteiger partial charge in [-0.05, 0) is 36.4 Å². The molecule has 0 radical (unpaired) electrons. The summed E-state index contributed by atoms with van der Waals surface area (Å²) in [6.07, 6.45) is 0. The Hall–Kier alpha value is -3.08. The maximum absolute atomic E-state index is 11.6. The summed E-state index contributed by atoms with van der Waals surface area (Å²) in [4.78, 5) is 22.4. The highest BCUT2D eigenvalue weighted by Gasteiger charge is 2.06. The predicted molar refractivity (Wildman–Crippen MR) is 79.2 cm³/mol. The fourth-order valence-electron chi connectivity index (χ4n) is 2.07. The van der Waals surface area contributed by atoms with Crippen molar-refractivity contribution in [3.8, 4) is 0 Å². The lowest BCUT2D eigenvalue weighted by atomic mass is 10.1. The molecule has 104 valence electrons. The van der Waals surface area contributed by atoms with Crippen molar-refractivity contribution in [1.29, 1.82) is 0 Å². The number of benzene rings is 2. The summed E-state index contributed by atoms with van der Waals surface area (Å²) in [6, 6.07) is 14.9. The van der Waals surface area contributed by atoms with Crippen molar-refractivity contribution < 1.29 is 14.3 Å². The molecule has 0 saturated carbocycles. The van der Waals surface area contributed by atoms with Crippen LogP contribution in [-0.2, 0) is 0 Å². The second-order valence-corrected chi connectivity index (χ2v) is 4.48. The van der Waals surface area contributed by atoms with E-state index in [1.165, 1.54) is 18.2 Å². The fraction of sp³-hybridized carbons (Fsp3) is 0. The highest BCUT2D eigenvalue weighted by molar-refractivity contribution is 5.92. The van der Waals surface area contributed by atoms with Crippen molar-refractivity contribution in [3.63, 3.8) is 0 Å². The third-order valence-corrected chi connectivity index (χ3v) is 3.06. The van der Waals surface area contributed by atoms with Gasteiger partial charge in [-0.25, -0.2) is 9.59 Å². The number of hydrogen-bond acceptors (Lipinski definition) is 4. The van der Waals surface area contributed by atoms with Crippen molar-refractivity contribution in [2.24, 2.45) is 0 Å². The summed E-state index contributed by atoms with van der Waals surface area (Å²) < 4.78 is 5.12. The first-order valence-electron chi connectivity index (χ1n) is 6.27. The Kier molecular flexibility index (Phi) is 3.16. The van der Waals surface area contributed by atoms with Crippen LogP contribution in [0.4, 0.5) is 11.4 Å². The molecule has 2 aromatic carbocycles. The largest absolute Gasteiger partial charge is 0.478 e. The maximum Gasteiger partial charge on any atom is 0.338 e. The van der Waals surface area contributed by atoms with Gasteiger partial charge in [0.05, 0.1) is 11.3 Å². The first-order valence-corrected chi connectivity index (χ1v) is 6.27. The molecular weight excluding hydrogens is 270 g/mol. The van der Waals surface area contributed by atoms with Gasteiger partial charge >= 0.3 is 11.6 Å². The Bertz CT molecular complexity index is 865. The Morgan fingerprint density at radius 2 is 1.76 bits per heavy atom. The number of carboxylic acid groups (broad SMARTS) is 1. The number of carboxylic acids is 1. The molecule has 0 amide bonds. The Labute approximate surface area is 119 Å². The van der Waals surface area contributed by atoms with Gasteiger partial charge in [0.1, 0.15) is 5.58 Å². The van der Waals surface area contributed by atoms with E-state index in [-0.39, 0.29) is 5.56 Å². The molecule has 1 aromatic heterocycles. The molecule has 0 unspecified atom stereocenters. The molecular formula is C16H11NO4. The summed E-state index contributed by atoms with van der Waals surface area (Å²) in [5, 5.41) is 12.7. The van der Waals surface area contributed by atoms with Crippen LogP contribution >= 0.6 is 0 Å². The molecule has 0 aliphatic rings. The summed E-state index contributed by atoms with van der Waals surface area (Å²) in [5.41, 5.74) is 1.56. The lowest BCUT2D eigenvalue weighted by molar-refractivity contribution is 0.0697. The quantitative estimate of drug-likeness (QED) is 0.720. The number of nitrogens with one attached hydrogen (secondary N) is 1. The SMILES string of the molecule is O=C(O)c1ccc(Nc2cc(=O)oc3ccccc23)cc1. The van der Waals surface area contributed by atoms with Crippen LogP contribution in [0, 0.1) is 0 Å². The zero-order valence-electron chi connectivity index (χ0n) is 10.9.